The van der Waals surface area contributed by atoms with Gasteiger partial charge in [-0.1, -0.05) is 0 Å². The molecule has 1 fully saturated rings. The fourth-order valence-electron chi connectivity index (χ4n) is 2.68. The van der Waals surface area contributed by atoms with Crippen LogP contribution in [0.4, 0.5) is 0 Å². The van der Waals surface area contributed by atoms with E-state index in [4.69, 9.17) is 4.42 Å². The van der Waals surface area contributed by atoms with Gasteiger partial charge in [0.05, 0.1) is 6.54 Å². The van der Waals surface area contributed by atoms with Gasteiger partial charge in [0.25, 0.3) is 0 Å². The van der Waals surface area contributed by atoms with Gasteiger partial charge in [-0.2, -0.15) is 0 Å². The summed E-state index contributed by atoms with van der Waals surface area (Å²) in [5, 5.41) is 3.53. The van der Waals surface area contributed by atoms with Crippen LogP contribution in [-0.2, 0) is 13.1 Å². The molecule has 0 aromatic carbocycles. The van der Waals surface area contributed by atoms with Gasteiger partial charge in [0.2, 0.25) is 0 Å². The molecule has 0 spiro atoms. The second kappa shape index (κ2) is 6.95. The summed E-state index contributed by atoms with van der Waals surface area (Å²) in [6.45, 7) is 15.1. The van der Waals surface area contributed by atoms with E-state index in [-0.39, 0.29) is 5.54 Å². The van der Waals surface area contributed by atoms with Crippen molar-refractivity contribution in [1.82, 2.24) is 15.1 Å². The molecule has 21 heavy (non-hydrogen) atoms. The standard InChI is InChI=1S/C17H31N3O/c1-14-15(12-18-17(2,3)4)11-16(21-14)13-20-8-6-7-19(5)9-10-20/h11,18H,6-10,12-13H2,1-5H3. The van der Waals surface area contributed by atoms with Crippen molar-refractivity contribution in [2.75, 3.05) is 33.2 Å². The summed E-state index contributed by atoms with van der Waals surface area (Å²) in [6.07, 6.45) is 1.24. The second-order valence-corrected chi connectivity index (χ2v) is 7.33. The Hall–Kier alpha value is -0.840. The van der Waals surface area contributed by atoms with Crippen molar-refractivity contribution in [1.29, 1.82) is 0 Å². The summed E-state index contributed by atoms with van der Waals surface area (Å²) in [5.41, 5.74) is 1.42. The zero-order valence-corrected chi connectivity index (χ0v) is 14.3. The molecule has 1 aromatic heterocycles. The molecular weight excluding hydrogens is 262 g/mol. The van der Waals surface area contributed by atoms with Crippen LogP contribution in [0, 0.1) is 6.92 Å². The summed E-state index contributed by atoms with van der Waals surface area (Å²) >= 11 is 0. The lowest BCUT2D eigenvalue weighted by molar-refractivity contribution is 0.247. The third-order valence-electron chi connectivity index (χ3n) is 4.07. The molecule has 120 valence electrons. The van der Waals surface area contributed by atoms with E-state index in [1.807, 2.05) is 0 Å². The first-order valence-corrected chi connectivity index (χ1v) is 8.07. The SMILES string of the molecule is Cc1oc(CN2CCCN(C)CC2)cc1CNC(C)(C)C. The maximum atomic E-state index is 5.95. The fourth-order valence-corrected chi connectivity index (χ4v) is 2.68. The summed E-state index contributed by atoms with van der Waals surface area (Å²) in [7, 11) is 2.21. The van der Waals surface area contributed by atoms with Gasteiger partial charge in [0, 0.05) is 30.7 Å². The quantitative estimate of drug-likeness (QED) is 0.925. The molecule has 1 N–H and O–H groups in total. The number of rotatable bonds is 4. The molecule has 1 aliphatic heterocycles. The fraction of sp³-hybridized carbons (Fsp3) is 0.765. The predicted octanol–water partition coefficient (Wildman–Crippen LogP) is 2.61. The average molecular weight is 293 g/mol. The molecule has 2 rings (SSSR count). The minimum Gasteiger partial charge on any atom is -0.465 e. The molecule has 0 unspecified atom stereocenters. The van der Waals surface area contributed by atoms with Gasteiger partial charge in [-0.15, -0.1) is 0 Å². The molecule has 0 saturated carbocycles. The molecule has 0 amide bonds. The highest BCUT2D eigenvalue weighted by molar-refractivity contribution is 5.21. The molecule has 2 heterocycles. The van der Waals surface area contributed by atoms with Crippen LogP contribution in [0.1, 0.15) is 44.3 Å². The van der Waals surface area contributed by atoms with Gasteiger partial charge in [-0.3, -0.25) is 4.90 Å². The van der Waals surface area contributed by atoms with Gasteiger partial charge in [-0.25, -0.2) is 0 Å². The molecule has 4 heteroatoms. The van der Waals surface area contributed by atoms with E-state index in [9.17, 15) is 0 Å². The minimum atomic E-state index is 0.138. The summed E-state index contributed by atoms with van der Waals surface area (Å²) in [6, 6.07) is 2.22. The molecule has 1 aliphatic rings. The molecule has 1 saturated heterocycles. The maximum absolute atomic E-state index is 5.95. The van der Waals surface area contributed by atoms with E-state index in [1.165, 1.54) is 25.1 Å². The van der Waals surface area contributed by atoms with E-state index in [0.29, 0.717) is 0 Å². The zero-order chi connectivity index (χ0) is 15.5. The minimum absolute atomic E-state index is 0.138. The van der Waals surface area contributed by atoms with E-state index in [1.54, 1.807) is 0 Å². The van der Waals surface area contributed by atoms with Crippen LogP contribution in [0.5, 0.6) is 0 Å². The lowest BCUT2D eigenvalue weighted by Gasteiger charge is -2.20. The van der Waals surface area contributed by atoms with E-state index < -0.39 is 0 Å². The number of hydrogen-bond acceptors (Lipinski definition) is 4. The number of likely N-dealkylation sites (N-methyl/N-ethyl adjacent to an activating group) is 1. The van der Waals surface area contributed by atoms with Crippen LogP contribution >= 0.6 is 0 Å². The molecular formula is C17H31N3O. The van der Waals surface area contributed by atoms with Crippen LogP contribution in [0.3, 0.4) is 0 Å². The normalized spacial score (nSPS) is 18.9. The summed E-state index contributed by atoms with van der Waals surface area (Å²) in [4.78, 5) is 4.91. The first kappa shape index (κ1) is 16.5. The van der Waals surface area contributed by atoms with Gasteiger partial charge < -0.3 is 14.6 Å². The van der Waals surface area contributed by atoms with Gasteiger partial charge in [-0.05, 0) is 60.3 Å². The van der Waals surface area contributed by atoms with Gasteiger partial charge >= 0.3 is 0 Å². The number of hydrogen-bond donors (Lipinski definition) is 1. The molecule has 0 atom stereocenters. The molecule has 0 bridgehead atoms. The van der Waals surface area contributed by atoms with E-state index in [0.717, 1.165) is 37.7 Å². The monoisotopic (exact) mass is 293 g/mol. The predicted molar refractivity (Wildman–Crippen MR) is 87.4 cm³/mol. The lowest BCUT2D eigenvalue weighted by atomic mass is 10.1. The second-order valence-electron chi connectivity index (χ2n) is 7.33. The van der Waals surface area contributed by atoms with Crippen molar-refractivity contribution < 1.29 is 4.42 Å². The zero-order valence-electron chi connectivity index (χ0n) is 14.3. The van der Waals surface area contributed by atoms with Crippen molar-refractivity contribution in [3.05, 3.63) is 23.2 Å². The lowest BCUT2D eigenvalue weighted by Crippen LogP contribution is -2.35. The van der Waals surface area contributed by atoms with Crippen molar-refractivity contribution in [2.24, 2.45) is 0 Å². The number of nitrogens with zero attached hydrogens (tertiary/aromatic N) is 2. The Morgan fingerprint density at radius 2 is 1.95 bits per heavy atom. The average Bonchev–Trinajstić information content (AvgIpc) is 2.59. The molecule has 4 nitrogen and oxygen atoms in total. The molecule has 1 aromatic rings. The Kier molecular flexibility index (Phi) is 5.47. The highest BCUT2D eigenvalue weighted by Gasteiger charge is 2.16. The van der Waals surface area contributed by atoms with Crippen LogP contribution in [0.15, 0.2) is 10.5 Å². The highest BCUT2D eigenvalue weighted by Crippen LogP contribution is 2.18. The summed E-state index contributed by atoms with van der Waals surface area (Å²) in [5.74, 6) is 2.15. The largest absolute Gasteiger partial charge is 0.465 e. The van der Waals surface area contributed by atoms with Crippen molar-refractivity contribution in [3.63, 3.8) is 0 Å². The van der Waals surface area contributed by atoms with E-state index in [2.05, 4.69) is 55.9 Å². The first-order valence-electron chi connectivity index (χ1n) is 8.07. The van der Waals surface area contributed by atoms with Crippen LogP contribution in [0.2, 0.25) is 0 Å². The number of nitrogens with one attached hydrogen (secondary N) is 1. The smallest absolute Gasteiger partial charge is 0.118 e. The van der Waals surface area contributed by atoms with Crippen LogP contribution < -0.4 is 5.32 Å². The Morgan fingerprint density at radius 3 is 2.67 bits per heavy atom. The highest BCUT2D eigenvalue weighted by atomic mass is 16.3. The third-order valence-corrected chi connectivity index (χ3v) is 4.07. The third kappa shape index (κ3) is 5.46. The van der Waals surface area contributed by atoms with Gasteiger partial charge in [0.1, 0.15) is 11.5 Å². The Morgan fingerprint density at radius 1 is 1.19 bits per heavy atom. The van der Waals surface area contributed by atoms with Crippen LogP contribution in [0.25, 0.3) is 0 Å². The topological polar surface area (TPSA) is 31.7 Å². The van der Waals surface area contributed by atoms with Crippen molar-refractivity contribution >= 4 is 0 Å². The maximum Gasteiger partial charge on any atom is 0.118 e. The van der Waals surface area contributed by atoms with E-state index >= 15 is 0 Å². The van der Waals surface area contributed by atoms with Crippen molar-refractivity contribution in [3.8, 4) is 0 Å². The Bertz CT molecular complexity index is 447. The molecule has 0 radical (unpaired) electrons. The van der Waals surface area contributed by atoms with Crippen LogP contribution in [-0.4, -0.2) is 48.6 Å². The number of aryl methyl sites for hydroxylation is 1. The van der Waals surface area contributed by atoms with Crippen molar-refractivity contribution in [2.45, 2.75) is 52.7 Å². The Balaban J connectivity index is 1.92. The number of furan rings is 1. The summed E-state index contributed by atoms with van der Waals surface area (Å²) < 4.78 is 5.95. The Labute approximate surface area is 129 Å². The molecule has 0 aliphatic carbocycles. The first-order chi connectivity index (χ1) is 9.83. The van der Waals surface area contributed by atoms with Gasteiger partial charge in [0.15, 0.2) is 0 Å².